The molecule has 2 aromatic rings. The molecular formula is C16H17N5O2. The zero-order chi connectivity index (χ0) is 16.2. The fourth-order valence-corrected chi connectivity index (χ4v) is 2.12. The van der Waals surface area contributed by atoms with Crippen molar-refractivity contribution in [2.75, 3.05) is 11.5 Å². The van der Waals surface area contributed by atoms with E-state index in [1.54, 1.807) is 0 Å². The van der Waals surface area contributed by atoms with Crippen LogP contribution < -0.4 is 16.2 Å². The molecule has 0 amide bonds. The van der Waals surface area contributed by atoms with E-state index in [4.69, 9.17) is 16.2 Å². The van der Waals surface area contributed by atoms with Gasteiger partial charge in [-0.1, -0.05) is 24.6 Å². The first-order valence-electron chi connectivity index (χ1n) is 7.38. The normalized spacial score (nSPS) is 14.6. The Bertz CT molecular complexity index is 742. The maximum Gasteiger partial charge on any atom is 0.314 e. The minimum Gasteiger partial charge on any atom is -0.422 e. The quantitative estimate of drug-likeness (QED) is 0.663. The van der Waals surface area contributed by atoms with Crippen LogP contribution in [0.2, 0.25) is 0 Å². The van der Waals surface area contributed by atoms with Crippen LogP contribution in [0.5, 0.6) is 5.75 Å². The summed E-state index contributed by atoms with van der Waals surface area (Å²) in [5, 5.41) is 8.13. The SMILES string of the molecule is Nc1nc(N)c(OC(=O)C2CCC2)cc1/N=N/c1ccccc1. The van der Waals surface area contributed by atoms with E-state index in [-0.39, 0.29) is 29.3 Å². The highest BCUT2D eigenvalue weighted by Gasteiger charge is 2.28. The largest absolute Gasteiger partial charge is 0.422 e. The van der Waals surface area contributed by atoms with Crippen LogP contribution >= 0.6 is 0 Å². The van der Waals surface area contributed by atoms with Gasteiger partial charge in [-0.25, -0.2) is 4.98 Å². The summed E-state index contributed by atoms with van der Waals surface area (Å²) in [5.41, 5.74) is 12.5. The number of hydrogen-bond acceptors (Lipinski definition) is 7. The number of pyridine rings is 1. The molecule has 7 nitrogen and oxygen atoms in total. The number of nitrogen functional groups attached to an aromatic ring is 2. The second-order valence-electron chi connectivity index (χ2n) is 5.36. The summed E-state index contributed by atoms with van der Waals surface area (Å²) in [6, 6.07) is 10.7. The third-order valence-corrected chi connectivity index (χ3v) is 3.70. The number of nitrogens with zero attached hydrogens (tertiary/aromatic N) is 3. The second kappa shape index (κ2) is 6.43. The molecule has 0 atom stereocenters. The van der Waals surface area contributed by atoms with E-state index in [2.05, 4.69) is 15.2 Å². The maximum atomic E-state index is 11.9. The number of hydrogen-bond donors (Lipinski definition) is 2. The predicted molar refractivity (Wildman–Crippen MR) is 86.7 cm³/mol. The van der Waals surface area contributed by atoms with Gasteiger partial charge >= 0.3 is 5.97 Å². The molecule has 0 unspecified atom stereocenters. The molecule has 1 heterocycles. The van der Waals surface area contributed by atoms with E-state index < -0.39 is 0 Å². The Morgan fingerprint density at radius 2 is 1.87 bits per heavy atom. The monoisotopic (exact) mass is 311 g/mol. The minimum atomic E-state index is -0.291. The molecule has 0 saturated heterocycles. The standard InChI is InChI=1S/C16H17N5O2/c17-14-12(21-20-11-7-2-1-3-8-11)9-13(15(18)19-14)23-16(22)10-5-4-6-10/h1-3,7-10H,4-6H2,(H4,17,18,19)/b21-20+. The summed E-state index contributed by atoms with van der Waals surface area (Å²) < 4.78 is 5.31. The maximum absolute atomic E-state index is 11.9. The van der Waals surface area contributed by atoms with Crippen molar-refractivity contribution in [2.24, 2.45) is 16.1 Å². The number of anilines is 2. The number of benzene rings is 1. The summed E-state index contributed by atoms with van der Waals surface area (Å²) in [7, 11) is 0. The first-order valence-corrected chi connectivity index (χ1v) is 7.38. The van der Waals surface area contributed by atoms with Gasteiger partial charge in [-0.15, -0.1) is 5.11 Å². The van der Waals surface area contributed by atoms with Gasteiger partial charge in [-0.3, -0.25) is 4.79 Å². The molecule has 1 saturated carbocycles. The fourth-order valence-electron chi connectivity index (χ4n) is 2.12. The Morgan fingerprint density at radius 1 is 1.13 bits per heavy atom. The first-order chi connectivity index (χ1) is 11.1. The topological polar surface area (TPSA) is 116 Å². The summed E-state index contributed by atoms with van der Waals surface area (Å²) in [6.07, 6.45) is 2.75. The molecule has 23 heavy (non-hydrogen) atoms. The van der Waals surface area contributed by atoms with Gasteiger partial charge in [0.1, 0.15) is 5.69 Å². The molecule has 1 fully saturated rings. The molecule has 1 aliphatic rings. The Labute approximate surface area is 133 Å². The zero-order valence-corrected chi connectivity index (χ0v) is 12.5. The van der Waals surface area contributed by atoms with Gasteiger partial charge in [-0.2, -0.15) is 5.11 Å². The summed E-state index contributed by atoms with van der Waals surface area (Å²) >= 11 is 0. The number of aromatic nitrogens is 1. The Balaban J connectivity index is 1.81. The van der Waals surface area contributed by atoms with Crippen LogP contribution in [-0.4, -0.2) is 11.0 Å². The van der Waals surface area contributed by atoms with Gasteiger partial charge in [-0.05, 0) is 25.0 Å². The van der Waals surface area contributed by atoms with E-state index >= 15 is 0 Å². The van der Waals surface area contributed by atoms with E-state index in [0.29, 0.717) is 11.4 Å². The van der Waals surface area contributed by atoms with Crippen LogP contribution in [0.3, 0.4) is 0 Å². The van der Waals surface area contributed by atoms with Gasteiger partial charge < -0.3 is 16.2 Å². The Hall–Kier alpha value is -2.96. The molecule has 4 N–H and O–H groups in total. The van der Waals surface area contributed by atoms with Crippen LogP contribution in [0.15, 0.2) is 46.6 Å². The first kappa shape index (κ1) is 15.0. The summed E-state index contributed by atoms with van der Waals surface area (Å²) in [5.74, 6) is 0.0133. The number of carbonyl (C=O) groups excluding carboxylic acids is 1. The Morgan fingerprint density at radius 3 is 2.52 bits per heavy atom. The predicted octanol–water partition coefficient (Wildman–Crippen LogP) is 3.37. The van der Waals surface area contributed by atoms with Gasteiger partial charge in [0, 0.05) is 6.07 Å². The van der Waals surface area contributed by atoms with Gasteiger partial charge in [0.2, 0.25) is 0 Å². The van der Waals surface area contributed by atoms with Crippen molar-refractivity contribution in [1.82, 2.24) is 4.98 Å². The van der Waals surface area contributed by atoms with Crippen molar-refractivity contribution in [3.8, 4) is 5.75 Å². The highest BCUT2D eigenvalue weighted by atomic mass is 16.5. The average Bonchev–Trinajstić information content (AvgIpc) is 2.48. The van der Waals surface area contributed by atoms with Crippen LogP contribution in [0, 0.1) is 5.92 Å². The van der Waals surface area contributed by atoms with Crippen LogP contribution in [0.4, 0.5) is 23.0 Å². The van der Waals surface area contributed by atoms with Crippen molar-refractivity contribution in [1.29, 1.82) is 0 Å². The van der Waals surface area contributed by atoms with Gasteiger partial charge in [0.15, 0.2) is 17.4 Å². The summed E-state index contributed by atoms with van der Waals surface area (Å²) in [6.45, 7) is 0. The number of esters is 1. The van der Waals surface area contributed by atoms with E-state index in [0.717, 1.165) is 19.3 Å². The summed E-state index contributed by atoms with van der Waals surface area (Å²) in [4.78, 5) is 15.9. The molecule has 7 heteroatoms. The minimum absolute atomic E-state index is 0.0543. The molecule has 1 aliphatic carbocycles. The van der Waals surface area contributed by atoms with Crippen molar-refractivity contribution < 1.29 is 9.53 Å². The van der Waals surface area contributed by atoms with Gasteiger partial charge in [0.05, 0.1) is 11.6 Å². The van der Waals surface area contributed by atoms with Crippen molar-refractivity contribution in [3.05, 3.63) is 36.4 Å². The number of ether oxygens (including phenoxy) is 1. The molecule has 0 bridgehead atoms. The molecule has 1 aromatic carbocycles. The van der Waals surface area contributed by atoms with E-state index in [1.165, 1.54) is 6.07 Å². The molecule has 0 aliphatic heterocycles. The Kier molecular flexibility index (Phi) is 4.18. The lowest BCUT2D eigenvalue weighted by Crippen LogP contribution is -2.26. The van der Waals surface area contributed by atoms with E-state index in [9.17, 15) is 4.79 Å². The second-order valence-corrected chi connectivity index (χ2v) is 5.36. The smallest absolute Gasteiger partial charge is 0.314 e. The molecule has 3 rings (SSSR count). The molecule has 1 aromatic heterocycles. The molecular weight excluding hydrogens is 294 g/mol. The molecule has 0 spiro atoms. The average molecular weight is 311 g/mol. The highest BCUT2D eigenvalue weighted by molar-refractivity contribution is 5.78. The van der Waals surface area contributed by atoms with Gasteiger partial charge in [0.25, 0.3) is 0 Å². The highest BCUT2D eigenvalue weighted by Crippen LogP contribution is 2.34. The van der Waals surface area contributed by atoms with Crippen LogP contribution in [0.1, 0.15) is 19.3 Å². The number of carbonyl (C=O) groups is 1. The lowest BCUT2D eigenvalue weighted by molar-refractivity contribution is -0.141. The van der Waals surface area contributed by atoms with Crippen molar-refractivity contribution in [3.63, 3.8) is 0 Å². The van der Waals surface area contributed by atoms with E-state index in [1.807, 2.05) is 30.3 Å². The number of rotatable bonds is 4. The molecule has 118 valence electrons. The lowest BCUT2D eigenvalue weighted by Gasteiger charge is -2.23. The van der Waals surface area contributed by atoms with Crippen molar-refractivity contribution in [2.45, 2.75) is 19.3 Å². The molecule has 0 radical (unpaired) electrons. The third kappa shape index (κ3) is 3.45. The van der Waals surface area contributed by atoms with Crippen LogP contribution in [0.25, 0.3) is 0 Å². The zero-order valence-electron chi connectivity index (χ0n) is 12.5. The van der Waals surface area contributed by atoms with Crippen molar-refractivity contribution >= 4 is 29.0 Å². The number of nitrogens with two attached hydrogens (primary N) is 2. The third-order valence-electron chi connectivity index (χ3n) is 3.70. The number of azo groups is 1. The fraction of sp³-hybridized carbons (Fsp3) is 0.250. The lowest BCUT2D eigenvalue weighted by atomic mass is 9.86. The van der Waals surface area contributed by atoms with Crippen LogP contribution in [-0.2, 0) is 4.79 Å².